The number of rotatable bonds is 4. The summed E-state index contributed by atoms with van der Waals surface area (Å²) < 4.78 is 24.5. The Kier molecular flexibility index (Phi) is 10.3. The van der Waals surface area contributed by atoms with Gasteiger partial charge in [-0.15, -0.1) is 0 Å². The van der Waals surface area contributed by atoms with Crippen molar-refractivity contribution in [3.05, 3.63) is 0 Å². The van der Waals surface area contributed by atoms with Gasteiger partial charge in [0.05, 0.1) is 13.2 Å². The Labute approximate surface area is 80.5 Å². The van der Waals surface area contributed by atoms with E-state index < -0.39 is 8.25 Å². The summed E-state index contributed by atoms with van der Waals surface area (Å²) in [6.45, 7) is 6.47. The summed E-state index contributed by atoms with van der Waals surface area (Å²) in [7, 11) is -2.14. The van der Waals surface area contributed by atoms with Gasteiger partial charge in [-0.05, 0) is 26.7 Å². The van der Waals surface area contributed by atoms with Crippen LogP contribution < -0.4 is 0 Å². The van der Waals surface area contributed by atoms with Gasteiger partial charge in [-0.25, -0.2) is 0 Å². The first-order valence-corrected chi connectivity index (χ1v) is 5.91. The van der Waals surface area contributed by atoms with Crippen LogP contribution in [0.5, 0.6) is 0 Å². The third-order valence-corrected chi connectivity index (χ3v) is 2.40. The molecule has 0 unspecified atom stereocenters. The summed E-state index contributed by atoms with van der Waals surface area (Å²) in [5, 5.41) is 0. The Morgan fingerprint density at radius 2 is 1.62 bits per heavy atom. The van der Waals surface area contributed by atoms with Crippen molar-refractivity contribution in [2.45, 2.75) is 26.7 Å². The topological polar surface area (TPSA) is 44.8 Å². The Hall–Kier alpha value is 0.110. The minimum absolute atomic E-state index is 0.456. The average molecular weight is 210 g/mol. The minimum atomic E-state index is -2.14. The monoisotopic (exact) mass is 210 g/mol. The molecule has 0 radical (unpaired) electrons. The van der Waals surface area contributed by atoms with Crippen molar-refractivity contribution in [2.75, 3.05) is 26.4 Å². The van der Waals surface area contributed by atoms with Crippen LogP contribution in [-0.2, 0) is 18.3 Å². The Morgan fingerprint density at radius 1 is 1.15 bits per heavy atom. The molecule has 0 saturated carbocycles. The van der Waals surface area contributed by atoms with E-state index in [4.69, 9.17) is 4.74 Å². The first-order valence-electron chi connectivity index (χ1n) is 4.68. The standard InChI is InChI=1S/C4H11O3P.C4H8O/c1-3-6-8(5)7-4-2;1-2-4-5-3-1/h8H,3-4H2,1-2H3;1-4H2. The van der Waals surface area contributed by atoms with Crippen LogP contribution in [0.15, 0.2) is 0 Å². The molecular formula is C8H19O4P. The number of hydrogen-bond donors (Lipinski definition) is 0. The predicted molar refractivity (Wildman–Crippen MR) is 52.3 cm³/mol. The molecule has 0 amide bonds. The highest BCUT2D eigenvalue weighted by Crippen LogP contribution is 2.21. The van der Waals surface area contributed by atoms with Gasteiger partial charge in [-0.1, -0.05) is 0 Å². The molecule has 1 aliphatic rings. The molecule has 0 N–H and O–H groups in total. The Bertz CT molecular complexity index is 110. The third kappa shape index (κ3) is 10.0. The van der Waals surface area contributed by atoms with Crippen molar-refractivity contribution < 1.29 is 18.3 Å². The van der Waals surface area contributed by atoms with Crippen molar-refractivity contribution in [1.82, 2.24) is 0 Å². The third-order valence-electron chi connectivity index (χ3n) is 1.35. The maximum Gasteiger partial charge on any atom is 0.319 e. The molecule has 0 bridgehead atoms. The van der Waals surface area contributed by atoms with Crippen molar-refractivity contribution >= 4 is 8.25 Å². The molecule has 0 aromatic heterocycles. The lowest BCUT2D eigenvalue weighted by Crippen LogP contribution is -1.81. The molecule has 4 nitrogen and oxygen atoms in total. The smallest absolute Gasteiger partial charge is 0.319 e. The highest BCUT2D eigenvalue weighted by molar-refractivity contribution is 7.33. The number of hydrogen-bond acceptors (Lipinski definition) is 4. The fraction of sp³-hybridized carbons (Fsp3) is 1.00. The van der Waals surface area contributed by atoms with E-state index in [-0.39, 0.29) is 0 Å². The van der Waals surface area contributed by atoms with E-state index >= 15 is 0 Å². The van der Waals surface area contributed by atoms with Crippen LogP contribution in [0, 0.1) is 0 Å². The molecule has 1 rings (SSSR count). The zero-order valence-electron chi connectivity index (χ0n) is 8.38. The van der Waals surface area contributed by atoms with Crippen molar-refractivity contribution in [3.63, 3.8) is 0 Å². The molecule has 0 aromatic carbocycles. The molecule has 1 fully saturated rings. The lowest BCUT2D eigenvalue weighted by atomic mass is 10.4. The van der Waals surface area contributed by atoms with Gasteiger partial charge < -0.3 is 13.8 Å². The van der Waals surface area contributed by atoms with Gasteiger partial charge in [0, 0.05) is 13.2 Å². The van der Waals surface area contributed by atoms with Crippen LogP contribution in [-0.4, -0.2) is 26.4 Å². The second-order valence-corrected chi connectivity index (χ2v) is 3.51. The summed E-state index contributed by atoms with van der Waals surface area (Å²) in [5.74, 6) is 0. The molecule has 0 spiro atoms. The zero-order chi connectivity index (χ0) is 9.94. The SMILES string of the molecule is C1CCOC1.CCO[PH](=O)OCC. The summed E-state index contributed by atoms with van der Waals surface area (Å²) in [6.07, 6.45) is 2.56. The van der Waals surface area contributed by atoms with Crippen LogP contribution >= 0.6 is 8.25 Å². The molecule has 0 aromatic rings. The van der Waals surface area contributed by atoms with Gasteiger partial charge in [-0.2, -0.15) is 0 Å². The molecule has 0 atom stereocenters. The van der Waals surface area contributed by atoms with E-state index in [0.717, 1.165) is 13.2 Å². The zero-order valence-corrected chi connectivity index (χ0v) is 9.38. The summed E-state index contributed by atoms with van der Waals surface area (Å²) in [5.41, 5.74) is 0. The summed E-state index contributed by atoms with van der Waals surface area (Å²) in [4.78, 5) is 0. The second-order valence-electron chi connectivity index (χ2n) is 2.44. The largest absolute Gasteiger partial charge is 0.381 e. The Balaban J connectivity index is 0.000000243. The van der Waals surface area contributed by atoms with Crippen LogP contribution in [0.3, 0.4) is 0 Å². The van der Waals surface area contributed by atoms with Gasteiger partial charge in [0.25, 0.3) is 0 Å². The molecule has 5 heteroatoms. The summed E-state index contributed by atoms with van der Waals surface area (Å²) in [6, 6.07) is 0. The maximum atomic E-state index is 10.4. The van der Waals surface area contributed by atoms with Gasteiger partial charge in [0.1, 0.15) is 0 Å². The van der Waals surface area contributed by atoms with Crippen LogP contribution in [0.4, 0.5) is 0 Å². The lowest BCUT2D eigenvalue weighted by Gasteiger charge is -1.97. The fourth-order valence-electron chi connectivity index (χ4n) is 0.788. The quantitative estimate of drug-likeness (QED) is 0.667. The van der Waals surface area contributed by atoms with Gasteiger partial charge in [-0.3, -0.25) is 4.57 Å². The van der Waals surface area contributed by atoms with Crippen molar-refractivity contribution in [1.29, 1.82) is 0 Å². The normalized spacial score (nSPS) is 15.6. The Morgan fingerprint density at radius 3 is 1.85 bits per heavy atom. The van der Waals surface area contributed by atoms with Crippen LogP contribution in [0.25, 0.3) is 0 Å². The highest BCUT2D eigenvalue weighted by Gasteiger charge is 1.94. The molecule has 80 valence electrons. The molecular weight excluding hydrogens is 191 g/mol. The van der Waals surface area contributed by atoms with Crippen molar-refractivity contribution in [2.24, 2.45) is 0 Å². The van der Waals surface area contributed by atoms with Gasteiger partial charge in [0.2, 0.25) is 0 Å². The number of ether oxygens (including phenoxy) is 1. The van der Waals surface area contributed by atoms with E-state index in [9.17, 15) is 4.57 Å². The fourth-order valence-corrected chi connectivity index (χ4v) is 1.34. The van der Waals surface area contributed by atoms with Gasteiger partial charge >= 0.3 is 8.25 Å². The second kappa shape index (κ2) is 10.2. The first kappa shape index (κ1) is 13.1. The lowest BCUT2D eigenvalue weighted by molar-refractivity contribution is 0.198. The predicted octanol–water partition coefficient (Wildman–Crippen LogP) is 2.25. The van der Waals surface area contributed by atoms with E-state index in [1.807, 2.05) is 0 Å². The molecule has 1 heterocycles. The summed E-state index contributed by atoms with van der Waals surface area (Å²) >= 11 is 0. The van der Waals surface area contributed by atoms with E-state index in [1.54, 1.807) is 13.8 Å². The maximum absolute atomic E-state index is 10.4. The van der Waals surface area contributed by atoms with Gasteiger partial charge in [0.15, 0.2) is 0 Å². The molecule has 1 saturated heterocycles. The van der Waals surface area contributed by atoms with E-state index in [1.165, 1.54) is 12.8 Å². The van der Waals surface area contributed by atoms with Crippen LogP contribution in [0.1, 0.15) is 26.7 Å². The minimum Gasteiger partial charge on any atom is -0.381 e. The van der Waals surface area contributed by atoms with Crippen molar-refractivity contribution in [3.8, 4) is 0 Å². The molecule has 1 aliphatic heterocycles. The van der Waals surface area contributed by atoms with E-state index in [0.29, 0.717) is 13.2 Å². The molecule has 13 heavy (non-hydrogen) atoms. The first-order chi connectivity index (χ1) is 6.31. The van der Waals surface area contributed by atoms with E-state index in [2.05, 4.69) is 9.05 Å². The highest BCUT2D eigenvalue weighted by atomic mass is 31.1. The average Bonchev–Trinajstić information content (AvgIpc) is 2.61. The van der Waals surface area contributed by atoms with Crippen LogP contribution in [0.2, 0.25) is 0 Å². The molecule has 0 aliphatic carbocycles.